The van der Waals surface area contributed by atoms with Gasteiger partial charge in [0.1, 0.15) is 18.0 Å². The number of fused-ring (bicyclic) bond motifs is 1. The molecule has 0 radical (unpaired) electrons. The first kappa shape index (κ1) is 24.7. The maximum Gasteiger partial charge on any atom is 0.254 e. The molecular formula is C27H25N7OS2. The monoisotopic (exact) mass is 527 g/mol. The standard InChI is InChI=1S/C27H25N7OS2/c1-29-27(35)22-12-20(37-34-13-17-5-3-2-4-6-17)15-31-26(22)30-14-19-8-10-24(36-19)18-7-9-23-21(11-18)25(28)33-16-32-23/h2-12,15-16,34H,13-14H2,1H3,(H,29,35)(H,30,31)(H2,28,32,33). The van der Waals surface area contributed by atoms with Gasteiger partial charge in [0.2, 0.25) is 0 Å². The van der Waals surface area contributed by atoms with Crippen LogP contribution in [-0.2, 0) is 13.1 Å². The van der Waals surface area contributed by atoms with Gasteiger partial charge in [0, 0.05) is 39.8 Å². The van der Waals surface area contributed by atoms with Crippen LogP contribution in [0, 0.1) is 0 Å². The van der Waals surface area contributed by atoms with Gasteiger partial charge in [-0.3, -0.25) is 9.52 Å². The van der Waals surface area contributed by atoms with Crippen molar-refractivity contribution >= 4 is 51.7 Å². The highest BCUT2D eigenvalue weighted by molar-refractivity contribution is 7.97. The molecule has 0 saturated carbocycles. The van der Waals surface area contributed by atoms with Gasteiger partial charge < -0.3 is 16.4 Å². The number of nitrogens with two attached hydrogens (primary N) is 1. The Morgan fingerprint density at radius 3 is 2.70 bits per heavy atom. The molecule has 10 heteroatoms. The van der Waals surface area contributed by atoms with Gasteiger partial charge in [0.15, 0.2) is 0 Å². The molecule has 5 aromatic rings. The zero-order valence-electron chi connectivity index (χ0n) is 20.1. The van der Waals surface area contributed by atoms with Gasteiger partial charge in [0.25, 0.3) is 5.91 Å². The van der Waals surface area contributed by atoms with E-state index in [1.165, 1.54) is 23.8 Å². The first-order chi connectivity index (χ1) is 18.1. The van der Waals surface area contributed by atoms with Gasteiger partial charge in [-0.15, -0.1) is 11.3 Å². The molecule has 0 saturated heterocycles. The summed E-state index contributed by atoms with van der Waals surface area (Å²) in [6.07, 6.45) is 3.23. The lowest BCUT2D eigenvalue weighted by Gasteiger charge is -2.12. The number of thiophene rings is 1. The minimum atomic E-state index is -0.191. The van der Waals surface area contributed by atoms with E-state index in [-0.39, 0.29) is 5.91 Å². The molecule has 0 aliphatic rings. The number of pyridine rings is 1. The van der Waals surface area contributed by atoms with Crippen LogP contribution in [-0.4, -0.2) is 27.9 Å². The topological polar surface area (TPSA) is 118 Å². The van der Waals surface area contributed by atoms with E-state index in [0.29, 0.717) is 30.3 Å². The third-order valence-corrected chi connectivity index (χ3v) is 7.57. The molecule has 3 aromatic heterocycles. The molecule has 0 aliphatic heterocycles. The predicted octanol–water partition coefficient (Wildman–Crippen LogP) is 5.10. The van der Waals surface area contributed by atoms with Crippen LogP contribution in [0.5, 0.6) is 0 Å². The summed E-state index contributed by atoms with van der Waals surface area (Å²) < 4.78 is 3.32. The third-order valence-electron chi connectivity index (χ3n) is 5.69. The van der Waals surface area contributed by atoms with Crippen LogP contribution in [0.4, 0.5) is 11.6 Å². The van der Waals surface area contributed by atoms with Gasteiger partial charge >= 0.3 is 0 Å². The number of nitrogens with zero attached hydrogens (tertiary/aromatic N) is 3. The average molecular weight is 528 g/mol. The quantitative estimate of drug-likeness (QED) is 0.196. The minimum Gasteiger partial charge on any atom is -0.383 e. The molecule has 0 aliphatic carbocycles. The van der Waals surface area contributed by atoms with Crippen LogP contribution in [0.2, 0.25) is 0 Å². The largest absolute Gasteiger partial charge is 0.383 e. The molecule has 2 aromatic carbocycles. The molecule has 37 heavy (non-hydrogen) atoms. The van der Waals surface area contributed by atoms with E-state index in [4.69, 9.17) is 5.73 Å². The molecule has 0 unspecified atom stereocenters. The van der Waals surface area contributed by atoms with Crippen molar-refractivity contribution in [2.45, 2.75) is 18.0 Å². The summed E-state index contributed by atoms with van der Waals surface area (Å²) in [6, 6.07) is 22.1. The minimum absolute atomic E-state index is 0.191. The number of carbonyl (C=O) groups is 1. The van der Waals surface area contributed by atoms with Crippen molar-refractivity contribution in [1.82, 2.24) is 25.0 Å². The van der Waals surface area contributed by atoms with Gasteiger partial charge in [-0.1, -0.05) is 36.4 Å². The van der Waals surface area contributed by atoms with Crippen LogP contribution < -0.4 is 21.1 Å². The number of hydrogen-bond acceptors (Lipinski definition) is 9. The number of rotatable bonds is 9. The number of nitrogen functional groups attached to an aromatic ring is 1. The zero-order valence-corrected chi connectivity index (χ0v) is 21.7. The number of anilines is 2. The Labute approximate surface area is 222 Å². The Bertz CT molecular complexity index is 1540. The molecule has 0 bridgehead atoms. The van der Waals surface area contributed by atoms with E-state index in [1.54, 1.807) is 24.6 Å². The average Bonchev–Trinajstić information content (AvgIpc) is 3.41. The molecule has 0 spiro atoms. The van der Waals surface area contributed by atoms with Gasteiger partial charge in [-0.2, -0.15) is 0 Å². The lowest BCUT2D eigenvalue weighted by atomic mass is 10.1. The van der Waals surface area contributed by atoms with Gasteiger partial charge in [-0.25, -0.2) is 15.0 Å². The van der Waals surface area contributed by atoms with E-state index in [0.717, 1.165) is 31.1 Å². The van der Waals surface area contributed by atoms with Crippen LogP contribution in [0.1, 0.15) is 20.8 Å². The second-order valence-electron chi connectivity index (χ2n) is 8.17. The Morgan fingerprint density at radius 2 is 1.86 bits per heavy atom. The van der Waals surface area contributed by atoms with Crippen LogP contribution in [0.25, 0.3) is 21.3 Å². The summed E-state index contributed by atoms with van der Waals surface area (Å²) in [5.41, 5.74) is 9.59. The Kier molecular flexibility index (Phi) is 7.59. The normalized spacial score (nSPS) is 10.9. The van der Waals surface area contributed by atoms with Crippen molar-refractivity contribution in [2.75, 3.05) is 18.1 Å². The molecule has 186 valence electrons. The third kappa shape index (κ3) is 5.88. The number of amides is 1. The lowest BCUT2D eigenvalue weighted by Crippen LogP contribution is -2.20. The second kappa shape index (κ2) is 11.4. The number of aromatic nitrogens is 3. The first-order valence-corrected chi connectivity index (χ1v) is 13.2. The number of carbonyl (C=O) groups excluding carboxylic acids is 1. The SMILES string of the molecule is CNC(=O)c1cc(SNCc2ccccc2)cnc1NCc1ccc(-c2ccc3ncnc(N)c3c2)s1. The van der Waals surface area contributed by atoms with Gasteiger partial charge in [-0.05, 0) is 53.4 Å². The molecule has 0 atom stereocenters. The van der Waals surface area contributed by atoms with E-state index in [9.17, 15) is 4.79 Å². The van der Waals surface area contributed by atoms with E-state index >= 15 is 0 Å². The fourth-order valence-electron chi connectivity index (χ4n) is 3.78. The molecule has 0 fully saturated rings. The molecule has 5 N–H and O–H groups in total. The Balaban J connectivity index is 1.27. The molecular weight excluding hydrogens is 502 g/mol. The fourth-order valence-corrected chi connectivity index (χ4v) is 5.41. The molecule has 1 amide bonds. The smallest absolute Gasteiger partial charge is 0.254 e. The van der Waals surface area contributed by atoms with Crippen molar-refractivity contribution in [2.24, 2.45) is 0 Å². The summed E-state index contributed by atoms with van der Waals surface area (Å²) in [5, 5.41) is 6.87. The predicted molar refractivity (Wildman–Crippen MR) is 151 cm³/mol. The highest BCUT2D eigenvalue weighted by Crippen LogP contribution is 2.32. The Morgan fingerprint density at radius 1 is 1.00 bits per heavy atom. The lowest BCUT2D eigenvalue weighted by molar-refractivity contribution is 0.0963. The highest BCUT2D eigenvalue weighted by Gasteiger charge is 2.14. The van der Waals surface area contributed by atoms with Crippen molar-refractivity contribution < 1.29 is 4.79 Å². The summed E-state index contributed by atoms with van der Waals surface area (Å²) in [5.74, 6) is 0.815. The molecule has 3 heterocycles. The summed E-state index contributed by atoms with van der Waals surface area (Å²) >= 11 is 3.11. The molecule has 8 nitrogen and oxygen atoms in total. The van der Waals surface area contributed by atoms with E-state index in [2.05, 4.69) is 54.6 Å². The van der Waals surface area contributed by atoms with Crippen LogP contribution >= 0.6 is 23.3 Å². The van der Waals surface area contributed by atoms with Crippen LogP contribution in [0.3, 0.4) is 0 Å². The summed E-state index contributed by atoms with van der Waals surface area (Å²) in [4.78, 5) is 28.6. The van der Waals surface area contributed by atoms with Crippen molar-refractivity contribution in [3.05, 3.63) is 95.3 Å². The number of benzene rings is 2. The highest BCUT2D eigenvalue weighted by atomic mass is 32.2. The van der Waals surface area contributed by atoms with Crippen molar-refractivity contribution in [3.63, 3.8) is 0 Å². The fraction of sp³-hybridized carbons (Fsp3) is 0.111. The molecule has 5 rings (SSSR count). The van der Waals surface area contributed by atoms with E-state index < -0.39 is 0 Å². The second-order valence-corrected chi connectivity index (χ2v) is 10.3. The number of hydrogen-bond donors (Lipinski definition) is 4. The van der Waals surface area contributed by atoms with Gasteiger partial charge in [0.05, 0.1) is 17.6 Å². The first-order valence-electron chi connectivity index (χ1n) is 11.6. The van der Waals surface area contributed by atoms with E-state index in [1.807, 2.05) is 42.5 Å². The van der Waals surface area contributed by atoms with Crippen molar-refractivity contribution in [1.29, 1.82) is 0 Å². The number of nitrogens with one attached hydrogen (secondary N) is 3. The maximum absolute atomic E-state index is 12.6. The zero-order chi connectivity index (χ0) is 25.6. The van der Waals surface area contributed by atoms with Crippen molar-refractivity contribution in [3.8, 4) is 10.4 Å². The van der Waals surface area contributed by atoms with Crippen LogP contribution in [0.15, 0.2) is 84.1 Å². The maximum atomic E-state index is 12.6. The summed E-state index contributed by atoms with van der Waals surface area (Å²) in [6.45, 7) is 1.25. The Hall–Kier alpha value is -3.99. The summed E-state index contributed by atoms with van der Waals surface area (Å²) in [7, 11) is 1.62.